The lowest BCUT2D eigenvalue weighted by Gasteiger charge is -2.13. The van der Waals surface area contributed by atoms with Gasteiger partial charge in [0.25, 0.3) is 0 Å². The molecular formula is C14H17NO3S2. The summed E-state index contributed by atoms with van der Waals surface area (Å²) >= 11 is 1.12. The number of sulfonamides is 1. The van der Waals surface area contributed by atoms with Crippen molar-refractivity contribution in [2.24, 2.45) is 0 Å². The number of aliphatic hydroxyl groups is 1. The Balaban J connectivity index is 2.04. The molecule has 2 rings (SSSR count). The number of hydrogen-bond donors (Lipinski definition) is 2. The molecule has 0 aliphatic heterocycles. The molecule has 0 radical (unpaired) electrons. The Morgan fingerprint density at radius 2 is 1.95 bits per heavy atom. The van der Waals surface area contributed by atoms with Crippen LogP contribution in [0.25, 0.3) is 0 Å². The molecule has 1 aromatic carbocycles. The average Bonchev–Trinajstić information content (AvgIpc) is 2.88. The van der Waals surface area contributed by atoms with Crippen LogP contribution < -0.4 is 4.72 Å². The van der Waals surface area contributed by atoms with Gasteiger partial charge in [-0.3, -0.25) is 0 Å². The van der Waals surface area contributed by atoms with Crippen molar-refractivity contribution in [1.29, 1.82) is 0 Å². The highest BCUT2D eigenvalue weighted by atomic mass is 32.2. The van der Waals surface area contributed by atoms with Gasteiger partial charge in [-0.15, -0.1) is 11.3 Å². The number of thiophene rings is 1. The first-order chi connectivity index (χ1) is 9.51. The van der Waals surface area contributed by atoms with E-state index >= 15 is 0 Å². The van der Waals surface area contributed by atoms with Gasteiger partial charge in [0.05, 0.1) is 6.61 Å². The molecule has 2 N–H and O–H groups in total. The van der Waals surface area contributed by atoms with Crippen LogP contribution in [0.15, 0.2) is 46.0 Å². The fraction of sp³-hybridized carbons (Fsp3) is 0.286. The lowest BCUT2D eigenvalue weighted by Crippen LogP contribution is -2.33. The molecule has 1 atom stereocenters. The van der Waals surface area contributed by atoms with Crippen LogP contribution in [0, 0.1) is 0 Å². The summed E-state index contributed by atoms with van der Waals surface area (Å²) in [6.45, 7) is 1.69. The van der Waals surface area contributed by atoms with E-state index in [0.717, 1.165) is 16.9 Å². The third kappa shape index (κ3) is 3.89. The highest BCUT2D eigenvalue weighted by molar-refractivity contribution is 7.91. The normalized spacial score (nSPS) is 13.3. The second kappa shape index (κ2) is 6.49. The van der Waals surface area contributed by atoms with Gasteiger partial charge >= 0.3 is 0 Å². The molecule has 0 saturated heterocycles. The maximum Gasteiger partial charge on any atom is 0.250 e. The van der Waals surface area contributed by atoms with Crippen molar-refractivity contribution in [2.75, 3.05) is 0 Å². The average molecular weight is 311 g/mol. The minimum atomic E-state index is -3.51. The Morgan fingerprint density at radius 3 is 2.55 bits per heavy atom. The highest BCUT2D eigenvalue weighted by Crippen LogP contribution is 2.20. The van der Waals surface area contributed by atoms with E-state index in [9.17, 15) is 8.42 Å². The lowest BCUT2D eigenvalue weighted by atomic mass is 10.1. The molecule has 0 fully saturated rings. The van der Waals surface area contributed by atoms with Crippen LogP contribution in [-0.2, 0) is 23.1 Å². The predicted molar refractivity (Wildman–Crippen MR) is 80.2 cm³/mol. The number of rotatable bonds is 6. The molecule has 1 aromatic heterocycles. The van der Waals surface area contributed by atoms with Crippen LogP contribution in [0.4, 0.5) is 0 Å². The maximum atomic E-state index is 12.2. The molecular weight excluding hydrogens is 294 g/mol. The van der Waals surface area contributed by atoms with Crippen LogP contribution in [0.5, 0.6) is 0 Å². The SMILES string of the molecule is CC(Cc1ccccc1)NS(=O)(=O)c1cc(CO)cs1. The summed E-state index contributed by atoms with van der Waals surface area (Å²) in [4.78, 5) is 0. The van der Waals surface area contributed by atoms with Crippen LogP contribution >= 0.6 is 11.3 Å². The molecule has 0 aliphatic carbocycles. The summed E-state index contributed by atoms with van der Waals surface area (Å²) in [5.41, 5.74) is 1.70. The fourth-order valence-electron chi connectivity index (χ4n) is 1.91. The Morgan fingerprint density at radius 1 is 1.25 bits per heavy atom. The first-order valence-corrected chi connectivity index (χ1v) is 8.62. The summed E-state index contributed by atoms with van der Waals surface area (Å²) in [5, 5.41) is 10.6. The summed E-state index contributed by atoms with van der Waals surface area (Å²) in [5.74, 6) is 0. The molecule has 1 unspecified atom stereocenters. The van der Waals surface area contributed by atoms with E-state index in [1.807, 2.05) is 37.3 Å². The molecule has 0 amide bonds. The molecule has 4 nitrogen and oxygen atoms in total. The summed E-state index contributed by atoms with van der Waals surface area (Å²) in [6, 6.07) is 11.1. The van der Waals surface area contributed by atoms with Gasteiger partial charge in [-0.2, -0.15) is 0 Å². The van der Waals surface area contributed by atoms with Crippen molar-refractivity contribution in [1.82, 2.24) is 4.72 Å². The first-order valence-electron chi connectivity index (χ1n) is 6.26. The van der Waals surface area contributed by atoms with Gasteiger partial charge in [0.15, 0.2) is 0 Å². The molecule has 2 aromatic rings. The minimum absolute atomic E-state index is 0.147. The largest absolute Gasteiger partial charge is 0.392 e. The van der Waals surface area contributed by atoms with E-state index in [1.165, 1.54) is 6.07 Å². The van der Waals surface area contributed by atoms with Crippen molar-refractivity contribution in [3.05, 3.63) is 52.9 Å². The summed E-state index contributed by atoms with van der Waals surface area (Å²) in [6.07, 6.45) is 0.637. The topological polar surface area (TPSA) is 66.4 Å². The van der Waals surface area contributed by atoms with Gasteiger partial charge in [-0.1, -0.05) is 30.3 Å². The Hall–Kier alpha value is -1.21. The van der Waals surface area contributed by atoms with Gasteiger partial charge in [-0.05, 0) is 35.9 Å². The fourth-order valence-corrected chi connectivity index (χ4v) is 4.37. The first kappa shape index (κ1) is 15.2. The van der Waals surface area contributed by atoms with Gasteiger partial charge in [0.2, 0.25) is 10.0 Å². The molecule has 6 heteroatoms. The predicted octanol–water partition coefficient (Wildman–Crippen LogP) is 2.15. The zero-order chi connectivity index (χ0) is 14.6. The minimum Gasteiger partial charge on any atom is -0.392 e. The smallest absolute Gasteiger partial charge is 0.250 e. The van der Waals surface area contributed by atoms with Gasteiger partial charge < -0.3 is 5.11 Å². The molecule has 0 bridgehead atoms. The molecule has 20 heavy (non-hydrogen) atoms. The Bertz CT molecular complexity index is 650. The van der Waals surface area contributed by atoms with Crippen LogP contribution in [0.1, 0.15) is 18.1 Å². The van der Waals surface area contributed by atoms with Crippen molar-refractivity contribution in [3.63, 3.8) is 0 Å². The lowest BCUT2D eigenvalue weighted by molar-refractivity contribution is 0.282. The van der Waals surface area contributed by atoms with E-state index in [-0.39, 0.29) is 16.9 Å². The number of hydrogen-bond acceptors (Lipinski definition) is 4. The van der Waals surface area contributed by atoms with Crippen molar-refractivity contribution in [3.8, 4) is 0 Å². The summed E-state index contributed by atoms with van der Waals surface area (Å²) in [7, 11) is -3.51. The van der Waals surface area contributed by atoms with Crippen molar-refractivity contribution >= 4 is 21.4 Å². The maximum absolute atomic E-state index is 12.2. The summed E-state index contributed by atoms with van der Waals surface area (Å²) < 4.78 is 27.3. The number of nitrogens with one attached hydrogen (secondary N) is 1. The van der Waals surface area contributed by atoms with E-state index in [1.54, 1.807) is 5.38 Å². The van der Waals surface area contributed by atoms with Gasteiger partial charge in [-0.25, -0.2) is 13.1 Å². The van der Waals surface area contributed by atoms with Crippen LogP contribution in [-0.4, -0.2) is 19.6 Å². The molecule has 0 saturated carbocycles. The molecule has 0 aliphatic rings. The van der Waals surface area contributed by atoms with Crippen LogP contribution in [0.2, 0.25) is 0 Å². The Labute approximate surface area is 123 Å². The Kier molecular flexibility index (Phi) is 4.93. The third-order valence-electron chi connectivity index (χ3n) is 2.82. The zero-order valence-corrected chi connectivity index (χ0v) is 12.7. The second-order valence-corrected chi connectivity index (χ2v) is 7.50. The van der Waals surface area contributed by atoms with E-state index in [0.29, 0.717) is 12.0 Å². The molecule has 1 heterocycles. The molecule has 0 spiro atoms. The highest BCUT2D eigenvalue weighted by Gasteiger charge is 2.19. The van der Waals surface area contributed by atoms with Gasteiger partial charge in [0.1, 0.15) is 4.21 Å². The van der Waals surface area contributed by atoms with Crippen LogP contribution in [0.3, 0.4) is 0 Å². The second-order valence-electron chi connectivity index (χ2n) is 4.64. The standard InChI is InChI=1S/C14H17NO3S2/c1-11(7-12-5-3-2-4-6-12)15-20(17,18)14-8-13(9-16)10-19-14/h2-6,8,10-11,15-16H,7,9H2,1H3. The number of benzene rings is 1. The van der Waals surface area contributed by atoms with E-state index in [4.69, 9.17) is 5.11 Å². The quantitative estimate of drug-likeness (QED) is 0.859. The van der Waals surface area contributed by atoms with Gasteiger partial charge in [0, 0.05) is 6.04 Å². The zero-order valence-electron chi connectivity index (χ0n) is 11.1. The van der Waals surface area contributed by atoms with Crippen molar-refractivity contribution < 1.29 is 13.5 Å². The van der Waals surface area contributed by atoms with E-state index < -0.39 is 10.0 Å². The number of aliphatic hydroxyl groups excluding tert-OH is 1. The van der Waals surface area contributed by atoms with E-state index in [2.05, 4.69) is 4.72 Å². The van der Waals surface area contributed by atoms with Crippen molar-refractivity contribution in [2.45, 2.75) is 30.2 Å². The molecule has 108 valence electrons. The monoisotopic (exact) mass is 311 g/mol. The third-order valence-corrected chi connectivity index (χ3v) is 5.90.